The first-order valence-electron chi connectivity index (χ1n) is 11.1. The minimum atomic E-state index is -0.0995. The van der Waals surface area contributed by atoms with Crippen LogP contribution in [0.25, 0.3) is 11.3 Å². The Morgan fingerprint density at radius 2 is 1.97 bits per heavy atom. The normalized spacial score (nSPS) is 18.8. The van der Waals surface area contributed by atoms with Crippen molar-refractivity contribution in [2.45, 2.75) is 51.4 Å². The molecule has 7 nitrogen and oxygen atoms in total. The molecule has 0 radical (unpaired) electrons. The van der Waals surface area contributed by atoms with Crippen LogP contribution in [0.1, 0.15) is 73.4 Å². The number of carbonyl (C=O) groups excluding carboxylic acids is 1. The number of amides is 1. The van der Waals surface area contributed by atoms with Crippen molar-refractivity contribution in [2.24, 2.45) is 13.0 Å². The summed E-state index contributed by atoms with van der Waals surface area (Å²) in [5.74, 6) is 1.94. The molecule has 0 bridgehead atoms. The number of nitrogens with zero attached hydrogens (tertiary/aromatic N) is 5. The third-order valence-corrected chi connectivity index (χ3v) is 6.03. The molecule has 7 heteroatoms. The van der Waals surface area contributed by atoms with Crippen molar-refractivity contribution in [3.63, 3.8) is 0 Å². The topological polar surface area (TPSA) is 85.6 Å². The number of hydrogen-bond donors (Lipinski definition) is 1. The number of pyridine rings is 1. The fourth-order valence-corrected chi connectivity index (χ4v) is 4.22. The van der Waals surface area contributed by atoms with E-state index in [0.29, 0.717) is 24.1 Å². The minimum Gasteiger partial charge on any atom is -0.350 e. The molecule has 31 heavy (non-hydrogen) atoms. The number of carbonyl (C=O) groups is 1. The van der Waals surface area contributed by atoms with Crippen LogP contribution < -0.4 is 5.32 Å². The molecule has 1 aliphatic rings. The van der Waals surface area contributed by atoms with Crippen LogP contribution in [0, 0.1) is 5.92 Å². The van der Waals surface area contributed by atoms with Gasteiger partial charge in [0.05, 0.1) is 11.4 Å². The van der Waals surface area contributed by atoms with Crippen molar-refractivity contribution in [3.05, 3.63) is 60.1 Å². The summed E-state index contributed by atoms with van der Waals surface area (Å²) in [6, 6.07) is 7.70. The lowest BCUT2D eigenvalue weighted by molar-refractivity contribution is 0.0937. The second-order valence-corrected chi connectivity index (χ2v) is 8.70. The van der Waals surface area contributed by atoms with Gasteiger partial charge in [0.15, 0.2) is 0 Å². The molecule has 0 spiro atoms. The SMILES string of the molecule is CC(C)c1ncc(-c2ccccn2)c(C2CCC(CNC(=O)c3ccn(C)n3)CC2)n1. The van der Waals surface area contributed by atoms with E-state index in [1.165, 1.54) is 0 Å². The van der Waals surface area contributed by atoms with E-state index in [-0.39, 0.29) is 11.8 Å². The second-order valence-electron chi connectivity index (χ2n) is 8.70. The summed E-state index contributed by atoms with van der Waals surface area (Å²) in [6.07, 6.45) is 9.78. The second kappa shape index (κ2) is 9.37. The van der Waals surface area contributed by atoms with Crippen LogP contribution in [0.4, 0.5) is 0 Å². The van der Waals surface area contributed by atoms with Crippen LogP contribution in [0.2, 0.25) is 0 Å². The summed E-state index contributed by atoms with van der Waals surface area (Å²) >= 11 is 0. The molecule has 3 aromatic heterocycles. The lowest BCUT2D eigenvalue weighted by Gasteiger charge is -2.29. The van der Waals surface area contributed by atoms with Gasteiger partial charge in [-0.05, 0) is 49.8 Å². The summed E-state index contributed by atoms with van der Waals surface area (Å²) in [7, 11) is 1.81. The number of aromatic nitrogens is 5. The summed E-state index contributed by atoms with van der Waals surface area (Å²) in [5.41, 5.74) is 3.56. The molecule has 1 N–H and O–H groups in total. The molecular weight excluding hydrogens is 388 g/mol. The molecule has 1 saturated carbocycles. The van der Waals surface area contributed by atoms with E-state index < -0.39 is 0 Å². The Morgan fingerprint density at radius 1 is 1.16 bits per heavy atom. The summed E-state index contributed by atoms with van der Waals surface area (Å²) in [4.78, 5) is 26.4. The van der Waals surface area contributed by atoms with Crippen LogP contribution >= 0.6 is 0 Å². The average molecular weight is 419 g/mol. The highest BCUT2D eigenvalue weighted by molar-refractivity contribution is 5.92. The predicted octanol–water partition coefficient (Wildman–Crippen LogP) is 4.10. The van der Waals surface area contributed by atoms with Crippen LogP contribution in [0.15, 0.2) is 42.9 Å². The van der Waals surface area contributed by atoms with Crippen molar-refractivity contribution in [1.29, 1.82) is 0 Å². The predicted molar refractivity (Wildman–Crippen MR) is 120 cm³/mol. The van der Waals surface area contributed by atoms with Crippen LogP contribution in [0.3, 0.4) is 0 Å². The van der Waals surface area contributed by atoms with Crippen LogP contribution in [-0.2, 0) is 7.05 Å². The maximum absolute atomic E-state index is 12.3. The van der Waals surface area contributed by atoms with Crippen molar-refractivity contribution in [3.8, 4) is 11.3 Å². The van der Waals surface area contributed by atoms with Gasteiger partial charge in [-0.15, -0.1) is 0 Å². The standard InChI is InChI=1S/C24H30N6O/c1-16(2)23-26-15-19(20-6-4-5-12-25-20)22(28-23)18-9-7-17(8-10-18)14-27-24(31)21-11-13-30(3)29-21/h4-6,11-13,15-18H,7-10,14H2,1-3H3,(H,27,31). The van der Waals surface area contributed by atoms with Crippen LogP contribution in [0.5, 0.6) is 0 Å². The molecule has 0 saturated heterocycles. The van der Waals surface area contributed by atoms with Gasteiger partial charge in [-0.1, -0.05) is 19.9 Å². The molecule has 0 aliphatic heterocycles. The van der Waals surface area contributed by atoms with E-state index in [4.69, 9.17) is 4.98 Å². The Bertz CT molecular complexity index is 1020. The van der Waals surface area contributed by atoms with E-state index in [2.05, 4.69) is 34.2 Å². The molecule has 1 fully saturated rings. The molecule has 4 rings (SSSR count). The first kappa shape index (κ1) is 21.2. The number of nitrogens with one attached hydrogen (secondary N) is 1. The largest absolute Gasteiger partial charge is 0.350 e. The van der Waals surface area contributed by atoms with Gasteiger partial charge in [0.25, 0.3) is 5.91 Å². The maximum atomic E-state index is 12.3. The zero-order chi connectivity index (χ0) is 21.8. The number of rotatable bonds is 6. The Balaban J connectivity index is 1.43. The average Bonchev–Trinajstić information content (AvgIpc) is 3.24. The monoisotopic (exact) mass is 418 g/mol. The highest BCUT2D eigenvalue weighted by Gasteiger charge is 2.27. The van der Waals surface area contributed by atoms with Gasteiger partial charge in [-0.3, -0.25) is 14.5 Å². The first-order chi connectivity index (χ1) is 15.0. The third kappa shape index (κ3) is 4.98. The van der Waals surface area contributed by atoms with E-state index in [9.17, 15) is 4.79 Å². The first-order valence-corrected chi connectivity index (χ1v) is 11.1. The lowest BCUT2D eigenvalue weighted by atomic mass is 9.79. The Kier molecular flexibility index (Phi) is 6.39. The number of hydrogen-bond acceptors (Lipinski definition) is 5. The van der Waals surface area contributed by atoms with Gasteiger partial charge in [0, 0.05) is 49.6 Å². The van der Waals surface area contributed by atoms with Crippen LogP contribution in [-0.4, -0.2) is 37.2 Å². The van der Waals surface area contributed by atoms with E-state index in [1.807, 2.05) is 37.6 Å². The molecule has 0 aromatic carbocycles. The molecule has 0 atom stereocenters. The van der Waals surface area contributed by atoms with E-state index >= 15 is 0 Å². The minimum absolute atomic E-state index is 0.0995. The van der Waals surface area contributed by atoms with E-state index in [1.54, 1.807) is 16.9 Å². The highest BCUT2D eigenvalue weighted by atomic mass is 16.1. The fourth-order valence-electron chi connectivity index (χ4n) is 4.22. The van der Waals surface area contributed by atoms with Gasteiger partial charge in [0.2, 0.25) is 0 Å². The zero-order valence-corrected chi connectivity index (χ0v) is 18.5. The quantitative estimate of drug-likeness (QED) is 0.651. The zero-order valence-electron chi connectivity index (χ0n) is 18.5. The van der Waals surface area contributed by atoms with Gasteiger partial charge in [-0.25, -0.2) is 9.97 Å². The van der Waals surface area contributed by atoms with Crippen molar-refractivity contribution < 1.29 is 4.79 Å². The summed E-state index contributed by atoms with van der Waals surface area (Å²) in [6.45, 7) is 4.94. The Labute approximate surface area is 183 Å². The maximum Gasteiger partial charge on any atom is 0.271 e. The van der Waals surface area contributed by atoms with Gasteiger partial charge in [-0.2, -0.15) is 5.10 Å². The third-order valence-electron chi connectivity index (χ3n) is 6.03. The highest BCUT2D eigenvalue weighted by Crippen LogP contribution is 2.38. The van der Waals surface area contributed by atoms with Crippen molar-refractivity contribution in [1.82, 2.24) is 30.0 Å². The van der Waals surface area contributed by atoms with E-state index in [0.717, 1.165) is 48.5 Å². The molecule has 1 amide bonds. The molecule has 0 unspecified atom stereocenters. The van der Waals surface area contributed by atoms with Gasteiger partial charge < -0.3 is 5.32 Å². The molecule has 3 aromatic rings. The molecule has 3 heterocycles. The van der Waals surface area contributed by atoms with Gasteiger partial charge >= 0.3 is 0 Å². The molecule has 162 valence electrons. The van der Waals surface area contributed by atoms with Crippen molar-refractivity contribution >= 4 is 5.91 Å². The fraction of sp³-hybridized carbons (Fsp3) is 0.458. The Morgan fingerprint density at radius 3 is 2.61 bits per heavy atom. The van der Waals surface area contributed by atoms with Gasteiger partial charge in [0.1, 0.15) is 11.5 Å². The Hall–Kier alpha value is -3.09. The molecular formula is C24H30N6O. The van der Waals surface area contributed by atoms with Crippen molar-refractivity contribution in [2.75, 3.05) is 6.54 Å². The summed E-state index contributed by atoms with van der Waals surface area (Å²) in [5, 5.41) is 7.22. The smallest absolute Gasteiger partial charge is 0.271 e. The number of aryl methyl sites for hydroxylation is 1. The lowest BCUT2D eigenvalue weighted by Crippen LogP contribution is -2.31. The molecule has 1 aliphatic carbocycles. The summed E-state index contributed by atoms with van der Waals surface area (Å²) < 4.78 is 1.65.